The summed E-state index contributed by atoms with van der Waals surface area (Å²) in [6.07, 6.45) is 0. The average Bonchev–Trinajstić information content (AvgIpc) is 2.28. The summed E-state index contributed by atoms with van der Waals surface area (Å²) >= 11 is 0. The van der Waals surface area contributed by atoms with E-state index in [2.05, 4.69) is 5.32 Å². The fourth-order valence-corrected chi connectivity index (χ4v) is 0.930. The quantitative estimate of drug-likeness (QED) is 0.795. The van der Waals surface area contributed by atoms with E-state index < -0.39 is 24.4 Å². The standard InChI is InChI=1S/C10H11FN2O3/c1-12-10(15)13-9(14)6-16-8-5-3-2-4-7(8)11/h2-5H,6H2,1H3,(H2,12,13,14,15). The largest absolute Gasteiger partial charge is 0.481 e. The van der Waals surface area contributed by atoms with Crippen molar-refractivity contribution in [1.82, 2.24) is 10.6 Å². The highest BCUT2D eigenvalue weighted by atomic mass is 19.1. The van der Waals surface area contributed by atoms with Crippen LogP contribution in [0.1, 0.15) is 0 Å². The van der Waals surface area contributed by atoms with E-state index in [4.69, 9.17) is 4.74 Å². The van der Waals surface area contributed by atoms with Crippen molar-refractivity contribution in [3.05, 3.63) is 30.1 Å². The van der Waals surface area contributed by atoms with Crippen LogP contribution in [-0.2, 0) is 4.79 Å². The summed E-state index contributed by atoms with van der Waals surface area (Å²) in [6, 6.07) is 5.05. The molecule has 3 amide bonds. The maximum absolute atomic E-state index is 13.0. The Morgan fingerprint density at radius 3 is 2.69 bits per heavy atom. The molecule has 0 aliphatic rings. The van der Waals surface area contributed by atoms with E-state index in [1.54, 1.807) is 6.07 Å². The molecule has 0 aliphatic carbocycles. The van der Waals surface area contributed by atoms with E-state index in [-0.39, 0.29) is 5.75 Å². The molecule has 0 bridgehead atoms. The molecule has 5 nitrogen and oxygen atoms in total. The minimum atomic E-state index is -0.650. The second-order valence-corrected chi connectivity index (χ2v) is 2.85. The van der Waals surface area contributed by atoms with Crippen LogP contribution in [0.3, 0.4) is 0 Å². The number of hydrogen-bond acceptors (Lipinski definition) is 3. The Labute approximate surface area is 91.6 Å². The molecule has 0 heterocycles. The van der Waals surface area contributed by atoms with Crippen LogP contribution in [0, 0.1) is 5.82 Å². The Bertz CT molecular complexity index is 395. The maximum Gasteiger partial charge on any atom is 0.321 e. The van der Waals surface area contributed by atoms with Crippen LogP contribution >= 0.6 is 0 Å². The molecule has 0 spiro atoms. The number of nitrogens with one attached hydrogen (secondary N) is 2. The first-order chi connectivity index (χ1) is 7.63. The van der Waals surface area contributed by atoms with Gasteiger partial charge in [0.05, 0.1) is 0 Å². The van der Waals surface area contributed by atoms with Gasteiger partial charge in [0.1, 0.15) is 0 Å². The lowest BCUT2D eigenvalue weighted by atomic mass is 10.3. The molecule has 0 aromatic heterocycles. The van der Waals surface area contributed by atoms with E-state index in [1.807, 2.05) is 5.32 Å². The highest BCUT2D eigenvalue weighted by molar-refractivity contribution is 5.94. The Balaban J connectivity index is 2.43. The Kier molecular flexibility index (Phi) is 4.26. The van der Waals surface area contributed by atoms with Gasteiger partial charge in [-0.25, -0.2) is 9.18 Å². The van der Waals surface area contributed by atoms with Crippen LogP contribution in [0.5, 0.6) is 5.75 Å². The van der Waals surface area contributed by atoms with Gasteiger partial charge in [0.25, 0.3) is 5.91 Å². The predicted molar refractivity (Wildman–Crippen MR) is 54.5 cm³/mol. The number of imide groups is 1. The van der Waals surface area contributed by atoms with Gasteiger partial charge >= 0.3 is 6.03 Å². The lowest BCUT2D eigenvalue weighted by Gasteiger charge is -2.06. The lowest BCUT2D eigenvalue weighted by molar-refractivity contribution is -0.122. The van der Waals surface area contributed by atoms with Gasteiger partial charge in [-0.05, 0) is 12.1 Å². The zero-order chi connectivity index (χ0) is 12.0. The van der Waals surface area contributed by atoms with Crippen molar-refractivity contribution in [2.24, 2.45) is 0 Å². The summed E-state index contributed by atoms with van der Waals surface area (Å²) in [6.45, 7) is -0.422. The summed E-state index contributed by atoms with van der Waals surface area (Å²) < 4.78 is 17.9. The van der Waals surface area contributed by atoms with Gasteiger partial charge in [0.2, 0.25) is 0 Å². The van der Waals surface area contributed by atoms with Crippen molar-refractivity contribution in [2.75, 3.05) is 13.7 Å². The maximum atomic E-state index is 13.0. The zero-order valence-electron chi connectivity index (χ0n) is 8.62. The number of halogens is 1. The van der Waals surface area contributed by atoms with E-state index in [9.17, 15) is 14.0 Å². The number of benzene rings is 1. The third-order valence-electron chi connectivity index (χ3n) is 1.68. The van der Waals surface area contributed by atoms with Crippen molar-refractivity contribution >= 4 is 11.9 Å². The van der Waals surface area contributed by atoms with Crippen molar-refractivity contribution in [3.8, 4) is 5.75 Å². The molecule has 0 fully saturated rings. The van der Waals surface area contributed by atoms with Crippen LogP contribution in [0.15, 0.2) is 24.3 Å². The number of para-hydroxylation sites is 1. The molecule has 0 saturated carbocycles. The molecule has 16 heavy (non-hydrogen) atoms. The minimum Gasteiger partial charge on any atom is -0.481 e. The Hall–Kier alpha value is -2.11. The molecule has 1 aromatic rings. The number of carbonyl (C=O) groups excluding carboxylic acids is 2. The third kappa shape index (κ3) is 3.56. The molecule has 2 N–H and O–H groups in total. The Morgan fingerprint density at radius 2 is 2.06 bits per heavy atom. The molecule has 0 saturated heterocycles. The predicted octanol–water partition coefficient (Wildman–Crippen LogP) is 0.660. The SMILES string of the molecule is CNC(=O)NC(=O)COc1ccccc1F. The fourth-order valence-electron chi connectivity index (χ4n) is 0.930. The molecule has 1 aromatic carbocycles. The van der Waals surface area contributed by atoms with Crippen molar-refractivity contribution in [3.63, 3.8) is 0 Å². The third-order valence-corrected chi connectivity index (χ3v) is 1.68. The molecule has 6 heteroatoms. The van der Waals surface area contributed by atoms with Gasteiger partial charge in [0.15, 0.2) is 18.2 Å². The first kappa shape index (κ1) is 12.0. The van der Waals surface area contributed by atoms with Crippen LogP contribution in [-0.4, -0.2) is 25.6 Å². The van der Waals surface area contributed by atoms with Gasteiger partial charge in [-0.3, -0.25) is 10.1 Å². The molecule has 86 valence electrons. The zero-order valence-corrected chi connectivity index (χ0v) is 8.62. The summed E-state index contributed by atoms with van der Waals surface area (Å²) in [5.74, 6) is -1.24. The average molecular weight is 226 g/mol. The smallest absolute Gasteiger partial charge is 0.321 e. The second-order valence-electron chi connectivity index (χ2n) is 2.85. The van der Waals surface area contributed by atoms with E-state index in [1.165, 1.54) is 25.2 Å². The number of hydrogen-bond donors (Lipinski definition) is 2. The van der Waals surface area contributed by atoms with Crippen molar-refractivity contribution in [1.29, 1.82) is 0 Å². The first-order valence-electron chi connectivity index (χ1n) is 4.52. The number of amides is 3. The van der Waals surface area contributed by atoms with Crippen LogP contribution in [0.4, 0.5) is 9.18 Å². The number of carbonyl (C=O) groups is 2. The highest BCUT2D eigenvalue weighted by Gasteiger charge is 2.08. The van der Waals surface area contributed by atoms with Crippen molar-refractivity contribution < 1.29 is 18.7 Å². The van der Waals surface area contributed by atoms with Gasteiger partial charge in [-0.1, -0.05) is 12.1 Å². The fraction of sp³-hybridized carbons (Fsp3) is 0.200. The topological polar surface area (TPSA) is 67.4 Å². The summed E-state index contributed by atoms with van der Waals surface area (Å²) in [7, 11) is 1.38. The molecule has 1 rings (SSSR count). The first-order valence-corrected chi connectivity index (χ1v) is 4.52. The van der Waals surface area contributed by atoms with Crippen LogP contribution < -0.4 is 15.4 Å². The molecule has 0 unspecified atom stereocenters. The van der Waals surface area contributed by atoms with E-state index >= 15 is 0 Å². The van der Waals surface area contributed by atoms with Crippen LogP contribution in [0.2, 0.25) is 0 Å². The monoisotopic (exact) mass is 226 g/mol. The van der Waals surface area contributed by atoms with Gasteiger partial charge in [-0.15, -0.1) is 0 Å². The minimum absolute atomic E-state index is 0.0328. The van der Waals surface area contributed by atoms with Crippen molar-refractivity contribution in [2.45, 2.75) is 0 Å². The number of ether oxygens (including phenoxy) is 1. The number of rotatable bonds is 3. The lowest BCUT2D eigenvalue weighted by Crippen LogP contribution is -2.40. The van der Waals surface area contributed by atoms with Gasteiger partial charge in [0, 0.05) is 7.05 Å². The Morgan fingerprint density at radius 1 is 1.38 bits per heavy atom. The summed E-state index contributed by atoms with van der Waals surface area (Å²) in [4.78, 5) is 21.8. The van der Waals surface area contributed by atoms with Crippen LogP contribution in [0.25, 0.3) is 0 Å². The molecular formula is C10H11FN2O3. The summed E-state index contributed by atoms with van der Waals surface area (Å²) in [5, 5.41) is 4.19. The second kappa shape index (κ2) is 5.69. The highest BCUT2D eigenvalue weighted by Crippen LogP contribution is 2.14. The van der Waals surface area contributed by atoms with Gasteiger partial charge in [-0.2, -0.15) is 0 Å². The van der Waals surface area contributed by atoms with E-state index in [0.717, 1.165) is 0 Å². The molecular weight excluding hydrogens is 215 g/mol. The summed E-state index contributed by atoms with van der Waals surface area (Å²) in [5.41, 5.74) is 0. The molecule has 0 radical (unpaired) electrons. The number of urea groups is 1. The molecule has 0 atom stereocenters. The van der Waals surface area contributed by atoms with E-state index in [0.29, 0.717) is 0 Å². The van der Waals surface area contributed by atoms with Gasteiger partial charge < -0.3 is 10.1 Å². The molecule has 0 aliphatic heterocycles. The normalized spacial score (nSPS) is 9.38.